The number of aromatic nitrogens is 1. The number of benzene rings is 3. The molecule has 0 bridgehead atoms. The van der Waals surface area contributed by atoms with Crippen LogP contribution in [0, 0.1) is 0 Å². The molecular formula is C25H17N3O3. The number of hydrogen-bond acceptors (Lipinski definition) is 4. The highest BCUT2D eigenvalue weighted by molar-refractivity contribution is 6.34. The van der Waals surface area contributed by atoms with Gasteiger partial charge in [-0.25, -0.2) is 4.90 Å². The van der Waals surface area contributed by atoms with Crippen molar-refractivity contribution in [1.82, 2.24) is 4.98 Å². The van der Waals surface area contributed by atoms with Crippen molar-refractivity contribution in [3.05, 3.63) is 102 Å². The Morgan fingerprint density at radius 3 is 2.26 bits per heavy atom. The fraction of sp³-hybridized carbons (Fsp3) is 0.0400. The number of rotatable bonds is 4. The third kappa shape index (κ3) is 3.44. The first-order valence-corrected chi connectivity index (χ1v) is 9.81. The zero-order valence-electron chi connectivity index (χ0n) is 16.4. The fourth-order valence-electron chi connectivity index (χ4n) is 3.73. The lowest BCUT2D eigenvalue weighted by molar-refractivity contribution is -0.115. The van der Waals surface area contributed by atoms with E-state index < -0.39 is 0 Å². The lowest BCUT2D eigenvalue weighted by Gasteiger charge is -2.14. The molecule has 1 aromatic heterocycles. The molecule has 0 unspecified atom stereocenters. The molecule has 0 spiro atoms. The highest BCUT2D eigenvalue weighted by atomic mass is 16.2. The lowest BCUT2D eigenvalue weighted by Crippen LogP contribution is -2.29. The second-order valence-electron chi connectivity index (χ2n) is 7.29. The molecule has 3 amide bonds. The standard InChI is InChI=1S/C25H17N3O3/c29-23(27-18-9-12-22-17(15-18)4-3-13-26-22)14-16-7-10-19(11-8-16)28-24(30)20-5-1-2-6-21(20)25(28)31/h1-13,15H,14H2,(H,27,29). The van der Waals surface area contributed by atoms with Crippen molar-refractivity contribution >= 4 is 40.0 Å². The van der Waals surface area contributed by atoms with E-state index in [4.69, 9.17) is 0 Å². The molecule has 150 valence electrons. The van der Waals surface area contributed by atoms with Gasteiger partial charge in [0, 0.05) is 17.3 Å². The van der Waals surface area contributed by atoms with E-state index in [0.29, 0.717) is 22.5 Å². The second kappa shape index (κ2) is 7.50. The van der Waals surface area contributed by atoms with Gasteiger partial charge in [0.15, 0.2) is 0 Å². The second-order valence-corrected chi connectivity index (χ2v) is 7.29. The van der Waals surface area contributed by atoms with Crippen molar-refractivity contribution in [2.75, 3.05) is 10.2 Å². The van der Waals surface area contributed by atoms with Gasteiger partial charge in [0.2, 0.25) is 5.91 Å². The summed E-state index contributed by atoms with van der Waals surface area (Å²) in [5.41, 5.74) is 3.64. The summed E-state index contributed by atoms with van der Waals surface area (Å²) in [5, 5.41) is 3.84. The van der Waals surface area contributed by atoms with Crippen LogP contribution in [0.3, 0.4) is 0 Å². The van der Waals surface area contributed by atoms with Crippen LogP contribution in [0.2, 0.25) is 0 Å². The van der Waals surface area contributed by atoms with Gasteiger partial charge in [-0.2, -0.15) is 0 Å². The van der Waals surface area contributed by atoms with Crippen LogP contribution in [-0.2, 0) is 11.2 Å². The largest absolute Gasteiger partial charge is 0.326 e. The molecule has 1 aliphatic rings. The molecule has 0 fully saturated rings. The molecule has 2 heterocycles. The maximum Gasteiger partial charge on any atom is 0.266 e. The summed E-state index contributed by atoms with van der Waals surface area (Å²) in [6, 6.07) is 23.0. The van der Waals surface area contributed by atoms with Gasteiger partial charge in [0.1, 0.15) is 0 Å². The van der Waals surface area contributed by atoms with Crippen LogP contribution in [0.15, 0.2) is 85.1 Å². The number of fused-ring (bicyclic) bond motifs is 2. The quantitative estimate of drug-likeness (QED) is 0.514. The topological polar surface area (TPSA) is 79.4 Å². The van der Waals surface area contributed by atoms with Gasteiger partial charge in [0.05, 0.1) is 28.8 Å². The average Bonchev–Trinajstić information content (AvgIpc) is 3.05. The number of nitrogens with one attached hydrogen (secondary N) is 1. The summed E-state index contributed by atoms with van der Waals surface area (Å²) in [6.07, 6.45) is 1.90. The van der Waals surface area contributed by atoms with E-state index in [1.165, 1.54) is 0 Å². The molecule has 6 nitrogen and oxygen atoms in total. The lowest BCUT2D eigenvalue weighted by atomic mass is 10.1. The zero-order chi connectivity index (χ0) is 21.4. The zero-order valence-corrected chi connectivity index (χ0v) is 16.4. The van der Waals surface area contributed by atoms with Crippen LogP contribution in [0.4, 0.5) is 11.4 Å². The molecule has 31 heavy (non-hydrogen) atoms. The van der Waals surface area contributed by atoms with Crippen LogP contribution in [0.5, 0.6) is 0 Å². The van der Waals surface area contributed by atoms with Crippen molar-refractivity contribution in [3.8, 4) is 0 Å². The molecule has 0 aliphatic carbocycles. The van der Waals surface area contributed by atoms with Gasteiger partial charge in [-0.1, -0.05) is 30.3 Å². The van der Waals surface area contributed by atoms with Gasteiger partial charge >= 0.3 is 0 Å². The van der Waals surface area contributed by atoms with Crippen LogP contribution < -0.4 is 10.2 Å². The Bertz CT molecular complexity index is 1310. The fourth-order valence-corrected chi connectivity index (χ4v) is 3.73. The normalized spacial score (nSPS) is 12.8. The van der Waals surface area contributed by atoms with E-state index in [1.807, 2.05) is 30.3 Å². The van der Waals surface area contributed by atoms with Crippen molar-refractivity contribution in [2.45, 2.75) is 6.42 Å². The minimum atomic E-state index is -0.336. The number of nitrogens with zero attached hydrogens (tertiary/aromatic N) is 2. The Morgan fingerprint density at radius 1 is 0.839 bits per heavy atom. The number of carbonyl (C=O) groups excluding carboxylic acids is 3. The maximum atomic E-state index is 12.6. The molecule has 0 saturated carbocycles. The Balaban J connectivity index is 1.28. The summed E-state index contributed by atoms with van der Waals surface area (Å²) >= 11 is 0. The minimum Gasteiger partial charge on any atom is -0.326 e. The van der Waals surface area contributed by atoms with Crippen LogP contribution in [0.25, 0.3) is 10.9 Å². The first kappa shape index (κ1) is 18.7. The predicted molar refractivity (Wildman–Crippen MR) is 118 cm³/mol. The molecule has 0 atom stereocenters. The van der Waals surface area contributed by atoms with E-state index in [2.05, 4.69) is 10.3 Å². The van der Waals surface area contributed by atoms with Gasteiger partial charge < -0.3 is 5.32 Å². The van der Waals surface area contributed by atoms with E-state index in [9.17, 15) is 14.4 Å². The number of carbonyl (C=O) groups is 3. The molecule has 5 rings (SSSR count). The molecule has 3 aromatic carbocycles. The van der Waals surface area contributed by atoms with Crippen LogP contribution in [0.1, 0.15) is 26.3 Å². The number of imide groups is 1. The van der Waals surface area contributed by atoms with Gasteiger partial charge in [-0.15, -0.1) is 0 Å². The van der Waals surface area contributed by atoms with Crippen molar-refractivity contribution in [1.29, 1.82) is 0 Å². The number of anilines is 2. The number of amides is 3. The minimum absolute atomic E-state index is 0.156. The molecule has 1 aliphatic heterocycles. The first-order chi connectivity index (χ1) is 15.1. The van der Waals surface area contributed by atoms with Gasteiger partial charge in [0.25, 0.3) is 11.8 Å². The average molecular weight is 407 g/mol. The van der Waals surface area contributed by atoms with Crippen molar-refractivity contribution in [3.63, 3.8) is 0 Å². The summed E-state index contributed by atoms with van der Waals surface area (Å²) in [7, 11) is 0. The van der Waals surface area contributed by atoms with E-state index in [-0.39, 0.29) is 24.1 Å². The maximum absolute atomic E-state index is 12.6. The van der Waals surface area contributed by atoms with Crippen molar-refractivity contribution in [2.24, 2.45) is 0 Å². The monoisotopic (exact) mass is 407 g/mol. The third-order valence-electron chi connectivity index (χ3n) is 5.24. The van der Waals surface area contributed by atoms with E-state index >= 15 is 0 Å². The van der Waals surface area contributed by atoms with Crippen LogP contribution in [-0.4, -0.2) is 22.7 Å². The Morgan fingerprint density at radius 2 is 1.55 bits per heavy atom. The highest BCUT2D eigenvalue weighted by Gasteiger charge is 2.36. The molecule has 0 radical (unpaired) electrons. The number of pyridine rings is 1. The van der Waals surface area contributed by atoms with E-state index in [1.54, 1.807) is 54.7 Å². The summed E-state index contributed by atoms with van der Waals surface area (Å²) < 4.78 is 0. The Kier molecular flexibility index (Phi) is 4.52. The molecule has 0 saturated heterocycles. The van der Waals surface area contributed by atoms with Crippen LogP contribution >= 0.6 is 0 Å². The predicted octanol–water partition coefficient (Wildman–Crippen LogP) is 4.22. The number of hydrogen-bond donors (Lipinski definition) is 1. The third-order valence-corrected chi connectivity index (χ3v) is 5.24. The molecule has 6 heteroatoms. The molecular weight excluding hydrogens is 390 g/mol. The first-order valence-electron chi connectivity index (χ1n) is 9.81. The smallest absolute Gasteiger partial charge is 0.266 e. The van der Waals surface area contributed by atoms with Gasteiger partial charge in [-0.05, 0) is 54.1 Å². The Hall–Kier alpha value is -4.32. The van der Waals surface area contributed by atoms with Gasteiger partial charge in [-0.3, -0.25) is 19.4 Å². The van der Waals surface area contributed by atoms with Crippen molar-refractivity contribution < 1.29 is 14.4 Å². The highest BCUT2D eigenvalue weighted by Crippen LogP contribution is 2.28. The Labute approximate surface area is 178 Å². The molecule has 1 N–H and O–H groups in total. The summed E-state index contributed by atoms with van der Waals surface area (Å²) in [5.74, 6) is -0.828. The SMILES string of the molecule is O=C(Cc1ccc(N2C(=O)c3ccccc3C2=O)cc1)Nc1ccc2ncccc2c1. The molecule has 4 aromatic rings. The summed E-state index contributed by atoms with van der Waals surface area (Å²) in [6.45, 7) is 0. The summed E-state index contributed by atoms with van der Waals surface area (Å²) in [4.78, 5) is 43.1. The van der Waals surface area contributed by atoms with E-state index in [0.717, 1.165) is 21.4 Å².